The van der Waals surface area contributed by atoms with E-state index >= 15 is 0 Å². The predicted octanol–water partition coefficient (Wildman–Crippen LogP) is 5.41. The highest BCUT2D eigenvalue weighted by Crippen LogP contribution is 2.66. The van der Waals surface area contributed by atoms with Gasteiger partial charge in [-0.05, 0) is 60.4 Å². The SMILES string of the molecule is C=C1O[C@H](c2ccoc2)C[C@]2(C)[C@H]3C(=O)C(OC(=O)c4cccc(OC)c4)=C[C@@H](C(=O)OC)[C@]3(C)CC[C@@H]12. The van der Waals surface area contributed by atoms with Gasteiger partial charge in [0.2, 0.25) is 5.78 Å². The fraction of sp³-hybridized carbons (Fsp3) is 0.433. The monoisotopic (exact) mass is 520 g/mol. The summed E-state index contributed by atoms with van der Waals surface area (Å²) >= 11 is 0. The highest BCUT2D eigenvalue weighted by Gasteiger charge is 2.65. The second-order valence-corrected chi connectivity index (χ2v) is 10.9. The summed E-state index contributed by atoms with van der Waals surface area (Å²) in [5.41, 5.74) is -0.297. The molecule has 2 aromatic rings. The van der Waals surface area contributed by atoms with Gasteiger partial charge in [0.25, 0.3) is 0 Å². The maximum absolute atomic E-state index is 14.3. The van der Waals surface area contributed by atoms with Crippen LogP contribution in [0.25, 0.3) is 0 Å². The van der Waals surface area contributed by atoms with Gasteiger partial charge in [-0.2, -0.15) is 0 Å². The summed E-state index contributed by atoms with van der Waals surface area (Å²) < 4.78 is 27.6. The van der Waals surface area contributed by atoms with Gasteiger partial charge in [0.05, 0.1) is 44.0 Å². The average molecular weight is 521 g/mol. The van der Waals surface area contributed by atoms with Crippen LogP contribution >= 0.6 is 0 Å². The van der Waals surface area contributed by atoms with Crippen molar-refractivity contribution in [3.8, 4) is 5.75 Å². The lowest BCUT2D eigenvalue weighted by molar-refractivity contribution is -0.174. The molecule has 6 atom stereocenters. The first-order valence-corrected chi connectivity index (χ1v) is 12.7. The molecule has 0 N–H and O–H groups in total. The molecule has 38 heavy (non-hydrogen) atoms. The Morgan fingerprint density at radius 3 is 2.61 bits per heavy atom. The summed E-state index contributed by atoms with van der Waals surface area (Å²) in [4.78, 5) is 40.5. The van der Waals surface area contributed by atoms with Crippen molar-refractivity contribution in [2.75, 3.05) is 14.2 Å². The summed E-state index contributed by atoms with van der Waals surface area (Å²) in [6.07, 6.45) is 6.11. The van der Waals surface area contributed by atoms with Gasteiger partial charge in [0, 0.05) is 17.4 Å². The van der Waals surface area contributed by atoms with E-state index in [4.69, 9.17) is 23.4 Å². The summed E-state index contributed by atoms with van der Waals surface area (Å²) in [7, 11) is 2.82. The first-order valence-electron chi connectivity index (χ1n) is 12.7. The lowest BCUT2D eigenvalue weighted by Crippen LogP contribution is -2.60. The molecule has 2 aliphatic carbocycles. The van der Waals surface area contributed by atoms with Gasteiger partial charge in [-0.15, -0.1) is 0 Å². The molecule has 3 aliphatic rings. The second-order valence-electron chi connectivity index (χ2n) is 10.9. The molecule has 1 aromatic carbocycles. The largest absolute Gasteiger partial charge is 0.497 e. The lowest BCUT2D eigenvalue weighted by Gasteiger charge is -2.60. The number of carbonyl (C=O) groups is 3. The molecule has 2 fully saturated rings. The van der Waals surface area contributed by atoms with Crippen LogP contribution in [-0.2, 0) is 23.8 Å². The van der Waals surface area contributed by atoms with Crippen LogP contribution in [0.2, 0.25) is 0 Å². The molecule has 1 saturated heterocycles. The van der Waals surface area contributed by atoms with E-state index in [0.29, 0.717) is 30.8 Å². The van der Waals surface area contributed by atoms with Gasteiger partial charge in [-0.25, -0.2) is 4.79 Å². The van der Waals surface area contributed by atoms with Gasteiger partial charge >= 0.3 is 11.9 Å². The number of carbonyl (C=O) groups excluding carboxylic acids is 3. The van der Waals surface area contributed by atoms with Gasteiger partial charge < -0.3 is 23.4 Å². The average Bonchev–Trinajstić information content (AvgIpc) is 3.44. The number of hydrogen-bond acceptors (Lipinski definition) is 8. The highest BCUT2D eigenvalue weighted by molar-refractivity contribution is 6.03. The molecule has 0 spiro atoms. The molecule has 8 nitrogen and oxygen atoms in total. The number of hydrogen-bond donors (Lipinski definition) is 0. The van der Waals surface area contributed by atoms with Crippen LogP contribution in [0.1, 0.15) is 55.1 Å². The maximum Gasteiger partial charge on any atom is 0.343 e. The van der Waals surface area contributed by atoms with Crippen LogP contribution in [-0.4, -0.2) is 31.9 Å². The summed E-state index contributed by atoms with van der Waals surface area (Å²) in [6, 6.07) is 8.32. The van der Waals surface area contributed by atoms with Crippen molar-refractivity contribution >= 4 is 17.7 Å². The van der Waals surface area contributed by atoms with Crippen molar-refractivity contribution in [1.29, 1.82) is 0 Å². The third-order valence-corrected chi connectivity index (χ3v) is 8.81. The number of allylic oxidation sites excluding steroid dienone is 2. The molecule has 1 aliphatic heterocycles. The number of esters is 2. The molecule has 1 aromatic heterocycles. The minimum Gasteiger partial charge on any atom is -0.497 e. The maximum atomic E-state index is 14.3. The van der Waals surface area contributed by atoms with Crippen molar-refractivity contribution in [2.24, 2.45) is 28.6 Å². The van der Waals surface area contributed by atoms with E-state index in [2.05, 4.69) is 13.5 Å². The minimum atomic E-state index is -0.774. The summed E-state index contributed by atoms with van der Waals surface area (Å²) in [5, 5.41) is 0. The fourth-order valence-corrected chi connectivity index (χ4v) is 6.98. The predicted molar refractivity (Wildman–Crippen MR) is 136 cm³/mol. The van der Waals surface area contributed by atoms with Gasteiger partial charge in [-0.3, -0.25) is 9.59 Å². The number of ether oxygens (including phenoxy) is 4. The number of fused-ring (bicyclic) bond motifs is 3. The Balaban J connectivity index is 1.56. The Kier molecular flexibility index (Phi) is 6.45. The van der Waals surface area contributed by atoms with Crippen LogP contribution in [0.3, 0.4) is 0 Å². The number of methoxy groups -OCH3 is 2. The van der Waals surface area contributed by atoms with Crippen LogP contribution in [0.4, 0.5) is 0 Å². The van der Waals surface area contributed by atoms with E-state index in [9.17, 15) is 14.4 Å². The van der Waals surface area contributed by atoms with E-state index in [1.54, 1.807) is 30.7 Å². The van der Waals surface area contributed by atoms with Gasteiger partial charge in [0.1, 0.15) is 11.9 Å². The van der Waals surface area contributed by atoms with Crippen molar-refractivity contribution < 1.29 is 37.7 Å². The molecule has 2 heterocycles. The first-order chi connectivity index (χ1) is 18.1. The Morgan fingerprint density at radius 1 is 1.13 bits per heavy atom. The zero-order chi connectivity index (χ0) is 27.2. The van der Waals surface area contributed by atoms with Crippen LogP contribution < -0.4 is 4.74 Å². The normalized spacial score (nSPS) is 32.3. The Labute approximate surface area is 221 Å². The summed E-state index contributed by atoms with van der Waals surface area (Å²) in [5.74, 6) is -2.07. The van der Waals surface area contributed by atoms with Crippen LogP contribution in [0.5, 0.6) is 5.75 Å². The molecule has 0 amide bonds. The third-order valence-electron chi connectivity index (χ3n) is 8.81. The Morgan fingerprint density at radius 2 is 1.92 bits per heavy atom. The lowest BCUT2D eigenvalue weighted by atomic mass is 9.44. The molecule has 0 bridgehead atoms. The first kappa shape index (κ1) is 25.8. The topological polar surface area (TPSA) is 101 Å². The van der Waals surface area contributed by atoms with Crippen LogP contribution in [0, 0.1) is 28.6 Å². The molecule has 0 unspecified atom stereocenters. The molecule has 5 rings (SSSR count). The minimum absolute atomic E-state index is 0.112. The number of Topliss-reactive ketones (excluding diaryl/α,β-unsaturated/α-hetero) is 1. The van der Waals surface area contributed by atoms with E-state index in [0.717, 1.165) is 5.56 Å². The molecular weight excluding hydrogens is 488 g/mol. The van der Waals surface area contributed by atoms with E-state index in [-0.39, 0.29) is 29.1 Å². The highest BCUT2D eigenvalue weighted by atomic mass is 16.5. The zero-order valence-corrected chi connectivity index (χ0v) is 22.0. The number of furan rings is 1. The number of ketones is 1. The van der Waals surface area contributed by atoms with Crippen molar-refractivity contribution in [2.45, 2.75) is 39.2 Å². The Hall–Kier alpha value is -3.81. The number of rotatable bonds is 5. The van der Waals surface area contributed by atoms with Crippen molar-refractivity contribution in [3.63, 3.8) is 0 Å². The molecule has 0 radical (unpaired) electrons. The van der Waals surface area contributed by atoms with Crippen LogP contribution in [0.15, 0.2) is 71.4 Å². The molecule has 200 valence electrons. The standard InChI is InChI=1S/C30H32O8/c1-17-21-9-11-29(2)22(28(33)35-5)14-23(38-27(32)18-7-6-8-20(13-18)34-4)25(31)26(29)30(21,3)15-24(37-17)19-10-12-36-16-19/h6-8,10,12-14,16,21-22,24,26H,1,9,11,15H2,2-5H3/t21-,22-,24-,26-,29-,30-/m0/s1. The van der Waals surface area contributed by atoms with Crippen molar-refractivity contribution in [3.05, 3.63) is 78.2 Å². The molecule has 8 heteroatoms. The smallest absolute Gasteiger partial charge is 0.343 e. The third kappa shape index (κ3) is 4.03. The number of benzene rings is 1. The van der Waals surface area contributed by atoms with E-state index < -0.39 is 34.6 Å². The van der Waals surface area contributed by atoms with Crippen molar-refractivity contribution in [1.82, 2.24) is 0 Å². The van der Waals surface area contributed by atoms with E-state index in [1.165, 1.54) is 26.4 Å². The molecular formula is C30H32O8. The van der Waals surface area contributed by atoms with E-state index in [1.807, 2.05) is 13.0 Å². The molecule has 1 saturated carbocycles. The van der Waals surface area contributed by atoms with Gasteiger partial charge in [-0.1, -0.05) is 26.5 Å². The fourth-order valence-electron chi connectivity index (χ4n) is 6.98. The summed E-state index contributed by atoms with van der Waals surface area (Å²) in [6.45, 7) is 8.23. The van der Waals surface area contributed by atoms with Gasteiger partial charge in [0.15, 0.2) is 5.76 Å². The zero-order valence-electron chi connectivity index (χ0n) is 22.0. The second kappa shape index (κ2) is 9.49. The quantitative estimate of drug-likeness (QED) is 0.482. The Bertz CT molecular complexity index is 1310.